The lowest BCUT2D eigenvalue weighted by molar-refractivity contribution is -0.132. The number of benzene rings is 3. The van der Waals surface area contributed by atoms with Gasteiger partial charge in [-0.3, -0.25) is 14.5 Å². The van der Waals surface area contributed by atoms with E-state index < -0.39 is 17.7 Å². The minimum Gasteiger partial charge on any atom is -0.507 e. The molecule has 1 aliphatic heterocycles. The van der Waals surface area contributed by atoms with Crippen molar-refractivity contribution in [3.05, 3.63) is 94.7 Å². The zero-order valence-electron chi connectivity index (χ0n) is 23.0. The van der Waals surface area contributed by atoms with Crippen molar-refractivity contribution in [2.75, 3.05) is 19.1 Å². The largest absolute Gasteiger partial charge is 0.507 e. The van der Waals surface area contributed by atoms with E-state index in [1.54, 1.807) is 50.6 Å². The van der Waals surface area contributed by atoms with Crippen molar-refractivity contribution in [1.29, 1.82) is 0 Å². The first-order valence-corrected chi connectivity index (χ1v) is 12.8. The first kappa shape index (κ1) is 26.1. The lowest BCUT2D eigenvalue weighted by Gasteiger charge is -2.26. The predicted octanol–water partition coefficient (Wildman–Crippen LogP) is 6.42. The van der Waals surface area contributed by atoms with Crippen molar-refractivity contribution in [3.8, 4) is 11.5 Å². The summed E-state index contributed by atoms with van der Waals surface area (Å²) in [5.41, 5.74) is 3.96. The number of nitrogens with zero attached hydrogens (tertiary/aromatic N) is 1. The molecule has 200 valence electrons. The lowest BCUT2D eigenvalue weighted by atomic mass is 9.84. The number of hydrogen-bond donors (Lipinski definition) is 2. The highest BCUT2D eigenvalue weighted by atomic mass is 16.5. The van der Waals surface area contributed by atoms with Gasteiger partial charge in [-0.2, -0.15) is 0 Å². The molecule has 2 N–H and O–H groups in total. The second-order valence-electron chi connectivity index (χ2n) is 10.7. The van der Waals surface area contributed by atoms with Crippen molar-refractivity contribution in [3.63, 3.8) is 0 Å². The van der Waals surface area contributed by atoms with Gasteiger partial charge in [0.25, 0.3) is 11.7 Å². The van der Waals surface area contributed by atoms with E-state index in [1.165, 1.54) is 4.90 Å². The molecule has 0 saturated carbocycles. The Hall–Kier alpha value is -4.52. The van der Waals surface area contributed by atoms with Crippen molar-refractivity contribution in [2.24, 2.45) is 0 Å². The van der Waals surface area contributed by atoms with Crippen molar-refractivity contribution in [2.45, 2.75) is 39.2 Å². The van der Waals surface area contributed by atoms with E-state index in [0.29, 0.717) is 22.7 Å². The normalized spacial score (nSPS) is 17.2. The Morgan fingerprint density at radius 2 is 1.69 bits per heavy atom. The summed E-state index contributed by atoms with van der Waals surface area (Å²) in [6.45, 7) is 8.05. The molecule has 3 aromatic carbocycles. The third kappa shape index (κ3) is 4.34. The van der Waals surface area contributed by atoms with Gasteiger partial charge in [-0.1, -0.05) is 45.0 Å². The molecule has 39 heavy (non-hydrogen) atoms. The Kier molecular flexibility index (Phi) is 6.46. The highest BCUT2D eigenvalue weighted by Crippen LogP contribution is 2.46. The van der Waals surface area contributed by atoms with Gasteiger partial charge in [0.1, 0.15) is 17.3 Å². The predicted molar refractivity (Wildman–Crippen MR) is 153 cm³/mol. The van der Waals surface area contributed by atoms with Crippen LogP contribution < -0.4 is 14.4 Å². The van der Waals surface area contributed by atoms with Crippen LogP contribution in [0.25, 0.3) is 16.7 Å². The number of Topliss-reactive ketones (excluding diaryl/α,β-unsaturated/α-hetero) is 1. The fraction of sp³-hybridized carbons (Fsp3) is 0.250. The molecule has 1 atom stereocenters. The van der Waals surface area contributed by atoms with Gasteiger partial charge >= 0.3 is 0 Å². The minimum atomic E-state index is -0.867. The van der Waals surface area contributed by atoms with Gasteiger partial charge in [-0.05, 0) is 48.7 Å². The molecule has 1 fully saturated rings. The van der Waals surface area contributed by atoms with Gasteiger partial charge in [0.15, 0.2) is 0 Å². The number of aliphatic hydroxyl groups is 1. The van der Waals surface area contributed by atoms with Crippen molar-refractivity contribution >= 4 is 34.0 Å². The summed E-state index contributed by atoms with van der Waals surface area (Å²) in [5, 5.41) is 12.6. The van der Waals surface area contributed by atoms with Crippen LogP contribution in [-0.2, 0) is 15.0 Å². The van der Waals surface area contributed by atoms with Crippen LogP contribution in [-0.4, -0.2) is 36.0 Å². The second-order valence-corrected chi connectivity index (χ2v) is 10.7. The van der Waals surface area contributed by atoms with Crippen LogP contribution in [0.5, 0.6) is 11.5 Å². The van der Waals surface area contributed by atoms with Gasteiger partial charge in [0.2, 0.25) is 0 Å². The maximum atomic E-state index is 13.7. The van der Waals surface area contributed by atoms with Gasteiger partial charge in [0.05, 0.1) is 25.8 Å². The monoisotopic (exact) mass is 524 g/mol. The van der Waals surface area contributed by atoms with E-state index in [4.69, 9.17) is 9.47 Å². The molecule has 1 aromatic heterocycles. The third-order valence-electron chi connectivity index (χ3n) is 7.27. The summed E-state index contributed by atoms with van der Waals surface area (Å²) in [6.07, 6.45) is 0. The van der Waals surface area contributed by atoms with E-state index in [0.717, 1.165) is 27.7 Å². The Balaban J connectivity index is 1.81. The third-order valence-corrected chi connectivity index (χ3v) is 7.27. The summed E-state index contributed by atoms with van der Waals surface area (Å²) in [5.74, 6) is -0.475. The minimum absolute atomic E-state index is 0.0284. The lowest BCUT2D eigenvalue weighted by Crippen LogP contribution is -2.29. The summed E-state index contributed by atoms with van der Waals surface area (Å²) in [6, 6.07) is 19.2. The number of ether oxygens (including phenoxy) is 2. The molecule has 0 bridgehead atoms. The quantitative estimate of drug-likeness (QED) is 0.179. The number of hydrogen-bond acceptors (Lipinski definition) is 5. The molecule has 7 nitrogen and oxygen atoms in total. The number of anilines is 1. The first-order valence-electron chi connectivity index (χ1n) is 12.8. The van der Waals surface area contributed by atoms with Crippen LogP contribution in [0.4, 0.5) is 5.69 Å². The van der Waals surface area contributed by atoms with Gasteiger partial charge in [-0.15, -0.1) is 0 Å². The number of para-hydroxylation sites is 1. The average Bonchev–Trinajstić information content (AvgIpc) is 3.39. The molecule has 0 radical (unpaired) electrons. The second kappa shape index (κ2) is 9.66. The molecule has 1 amide bonds. The molecule has 1 unspecified atom stereocenters. The van der Waals surface area contributed by atoms with E-state index in [1.807, 2.05) is 58.0 Å². The number of fused-ring (bicyclic) bond motifs is 1. The fourth-order valence-electron chi connectivity index (χ4n) is 5.38. The number of carbonyl (C=O) groups is 2. The van der Waals surface area contributed by atoms with Crippen LogP contribution in [0.15, 0.2) is 72.3 Å². The maximum Gasteiger partial charge on any atom is 0.300 e. The standard InChI is InChI=1S/C32H32N2O5/c1-18-26(22-12-7-8-13-24(22)33-18)28-27(29(35)19-14-15-25(39-6)23(16-19)32(2,3)4)30(36)31(37)34(28)20-10-9-11-21(17-20)38-5/h7-17,28,33,35H,1-6H3/b29-27+. The Morgan fingerprint density at radius 1 is 0.949 bits per heavy atom. The highest BCUT2D eigenvalue weighted by Gasteiger charge is 2.48. The molecular formula is C32H32N2O5. The maximum absolute atomic E-state index is 13.7. The number of aryl methyl sites for hydroxylation is 1. The summed E-state index contributed by atoms with van der Waals surface area (Å²) < 4.78 is 11.0. The van der Waals surface area contributed by atoms with Crippen molar-refractivity contribution in [1.82, 2.24) is 4.98 Å². The van der Waals surface area contributed by atoms with Crippen LogP contribution in [0.1, 0.15) is 49.2 Å². The number of H-pyrrole nitrogens is 1. The summed E-state index contributed by atoms with van der Waals surface area (Å²) in [7, 11) is 3.15. The molecule has 2 heterocycles. The smallest absolute Gasteiger partial charge is 0.300 e. The molecule has 0 aliphatic carbocycles. The first-order chi connectivity index (χ1) is 18.6. The number of methoxy groups -OCH3 is 2. The van der Waals surface area contributed by atoms with E-state index in [-0.39, 0.29) is 16.7 Å². The van der Waals surface area contributed by atoms with Crippen molar-refractivity contribution < 1.29 is 24.2 Å². The van der Waals surface area contributed by atoms with Gasteiger partial charge < -0.3 is 19.6 Å². The number of aliphatic hydroxyl groups excluding tert-OH is 1. The molecule has 7 heteroatoms. The topological polar surface area (TPSA) is 91.9 Å². The Bertz CT molecular complexity index is 1640. The number of aromatic amines is 1. The van der Waals surface area contributed by atoms with Gasteiger partial charge in [-0.25, -0.2) is 0 Å². The molecule has 0 spiro atoms. The molecule has 5 rings (SSSR count). The van der Waals surface area contributed by atoms with E-state index >= 15 is 0 Å². The number of rotatable bonds is 5. The fourth-order valence-corrected chi connectivity index (χ4v) is 5.38. The molecule has 1 aliphatic rings. The zero-order chi connectivity index (χ0) is 28.1. The highest BCUT2D eigenvalue weighted by molar-refractivity contribution is 6.52. The van der Waals surface area contributed by atoms with Crippen LogP contribution in [0.3, 0.4) is 0 Å². The Labute approximate surface area is 227 Å². The Morgan fingerprint density at radius 3 is 2.38 bits per heavy atom. The molecular weight excluding hydrogens is 492 g/mol. The average molecular weight is 525 g/mol. The zero-order valence-corrected chi connectivity index (χ0v) is 23.0. The van der Waals surface area contributed by atoms with Crippen LogP contribution in [0.2, 0.25) is 0 Å². The number of nitrogens with one attached hydrogen (secondary N) is 1. The van der Waals surface area contributed by atoms with E-state index in [9.17, 15) is 14.7 Å². The summed E-state index contributed by atoms with van der Waals surface area (Å²) in [4.78, 5) is 32.3. The number of ketones is 1. The number of amides is 1. The number of carbonyl (C=O) groups excluding carboxylic acids is 2. The van der Waals surface area contributed by atoms with E-state index in [2.05, 4.69) is 4.98 Å². The SMILES string of the molecule is COc1cccc(N2C(=O)C(=O)/C(=C(/O)c3ccc(OC)c(C(C)(C)C)c3)C2c2c(C)[nH]c3ccccc23)c1. The van der Waals surface area contributed by atoms with Crippen LogP contribution >= 0.6 is 0 Å². The van der Waals surface area contributed by atoms with Gasteiger partial charge in [0, 0.05) is 45.0 Å². The number of aromatic nitrogens is 1. The molecule has 4 aromatic rings. The summed E-state index contributed by atoms with van der Waals surface area (Å²) >= 11 is 0. The van der Waals surface area contributed by atoms with Crippen LogP contribution in [0, 0.1) is 6.92 Å². The molecule has 1 saturated heterocycles.